The van der Waals surface area contributed by atoms with Gasteiger partial charge in [-0.3, -0.25) is 0 Å². The number of rotatable bonds is 2. The standard InChI is InChI=1S/C13H11FN4O/c1-18-7-17-12-10(18)4-5-16-13(12)19-11-3-2-8(14)6-9(11)15/h2-7H,15H2,1H3. The Morgan fingerprint density at radius 1 is 1.26 bits per heavy atom. The molecule has 2 aromatic heterocycles. The normalized spacial score (nSPS) is 10.8. The molecule has 0 saturated carbocycles. The summed E-state index contributed by atoms with van der Waals surface area (Å²) in [6.07, 6.45) is 3.30. The zero-order chi connectivity index (χ0) is 13.4. The minimum atomic E-state index is -0.408. The number of aromatic nitrogens is 3. The van der Waals surface area contributed by atoms with Gasteiger partial charge < -0.3 is 15.0 Å². The van der Waals surface area contributed by atoms with E-state index in [1.165, 1.54) is 18.2 Å². The minimum absolute atomic E-state index is 0.217. The molecule has 1 aromatic carbocycles. The van der Waals surface area contributed by atoms with Gasteiger partial charge in [-0.2, -0.15) is 0 Å². The number of pyridine rings is 1. The van der Waals surface area contributed by atoms with Gasteiger partial charge >= 0.3 is 0 Å². The van der Waals surface area contributed by atoms with Crippen molar-refractivity contribution in [2.75, 3.05) is 5.73 Å². The number of halogens is 1. The largest absolute Gasteiger partial charge is 0.435 e. The fraction of sp³-hybridized carbons (Fsp3) is 0.0769. The molecule has 0 spiro atoms. The highest BCUT2D eigenvalue weighted by Crippen LogP contribution is 2.30. The Morgan fingerprint density at radius 3 is 2.89 bits per heavy atom. The van der Waals surface area contributed by atoms with Crippen LogP contribution < -0.4 is 10.5 Å². The summed E-state index contributed by atoms with van der Waals surface area (Å²) in [6.45, 7) is 0. The fourth-order valence-corrected chi connectivity index (χ4v) is 1.83. The summed E-state index contributed by atoms with van der Waals surface area (Å²) in [6, 6.07) is 5.79. The summed E-state index contributed by atoms with van der Waals surface area (Å²) < 4.78 is 20.4. The zero-order valence-electron chi connectivity index (χ0n) is 10.2. The summed E-state index contributed by atoms with van der Waals surface area (Å²) in [5, 5.41) is 0. The van der Waals surface area contributed by atoms with Crippen molar-refractivity contribution in [3.63, 3.8) is 0 Å². The minimum Gasteiger partial charge on any atom is -0.435 e. The topological polar surface area (TPSA) is 66.0 Å². The summed E-state index contributed by atoms with van der Waals surface area (Å²) >= 11 is 0. The van der Waals surface area contributed by atoms with Crippen molar-refractivity contribution >= 4 is 16.7 Å². The lowest BCUT2D eigenvalue weighted by Crippen LogP contribution is -1.95. The monoisotopic (exact) mass is 258 g/mol. The number of aryl methyl sites for hydroxylation is 1. The van der Waals surface area contributed by atoms with Gasteiger partial charge in [-0.15, -0.1) is 0 Å². The van der Waals surface area contributed by atoms with Gasteiger partial charge in [-0.05, 0) is 18.2 Å². The van der Waals surface area contributed by atoms with E-state index in [4.69, 9.17) is 10.5 Å². The third-order valence-corrected chi connectivity index (χ3v) is 2.79. The van der Waals surface area contributed by atoms with Gasteiger partial charge in [0.05, 0.1) is 17.5 Å². The molecule has 0 radical (unpaired) electrons. The maximum absolute atomic E-state index is 13.0. The molecule has 3 aromatic rings. The van der Waals surface area contributed by atoms with Gasteiger partial charge in [0.1, 0.15) is 5.82 Å². The third kappa shape index (κ3) is 1.97. The number of nitrogen functional groups attached to an aromatic ring is 1. The van der Waals surface area contributed by atoms with Crippen LogP contribution in [-0.2, 0) is 7.05 Å². The second-order valence-corrected chi connectivity index (χ2v) is 4.12. The molecule has 3 rings (SSSR count). The van der Waals surface area contributed by atoms with E-state index in [9.17, 15) is 4.39 Å². The predicted octanol–water partition coefficient (Wildman–Crippen LogP) is 2.48. The Hall–Kier alpha value is -2.63. The van der Waals surface area contributed by atoms with E-state index in [2.05, 4.69) is 9.97 Å². The highest BCUT2D eigenvalue weighted by Gasteiger charge is 2.11. The molecule has 0 bridgehead atoms. The third-order valence-electron chi connectivity index (χ3n) is 2.79. The number of nitrogens with zero attached hydrogens (tertiary/aromatic N) is 3. The van der Waals surface area contributed by atoms with Gasteiger partial charge in [0.15, 0.2) is 11.3 Å². The molecule has 5 nitrogen and oxygen atoms in total. The van der Waals surface area contributed by atoms with Crippen LogP contribution in [0.2, 0.25) is 0 Å². The number of benzene rings is 1. The maximum atomic E-state index is 13.0. The number of ether oxygens (including phenoxy) is 1. The lowest BCUT2D eigenvalue weighted by atomic mass is 10.3. The molecule has 0 saturated heterocycles. The molecule has 0 atom stereocenters. The molecule has 2 N–H and O–H groups in total. The molecule has 0 aliphatic rings. The van der Waals surface area contributed by atoms with Crippen molar-refractivity contribution in [3.05, 3.63) is 42.6 Å². The number of anilines is 1. The summed E-state index contributed by atoms with van der Waals surface area (Å²) in [4.78, 5) is 8.35. The van der Waals surface area contributed by atoms with Crippen molar-refractivity contribution in [2.24, 2.45) is 7.05 Å². The van der Waals surface area contributed by atoms with Crippen molar-refractivity contribution in [2.45, 2.75) is 0 Å². The van der Waals surface area contributed by atoms with Gasteiger partial charge in [-0.25, -0.2) is 14.4 Å². The highest BCUT2D eigenvalue weighted by molar-refractivity contribution is 5.80. The predicted molar refractivity (Wildman–Crippen MR) is 69.4 cm³/mol. The van der Waals surface area contributed by atoms with Crippen LogP contribution in [0.5, 0.6) is 11.6 Å². The van der Waals surface area contributed by atoms with Crippen molar-refractivity contribution in [1.82, 2.24) is 14.5 Å². The fourth-order valence-electron chi connectivity index (χ4n) is 1.83. The first-order valence-corrected chi connectivity index (χ1v) is 5.64. The Balaban J connectivity index is 2.06. The van der Waals surface area contributed by atoms with Crippen LogP contribution in [0.15, 0.2) is 36.8 Å². The van der Waals surface area contributed by atoms with Crippen molar-refractivity contribution in [1.29, 1.82) is 0 Å². The van der Waals surface area contributed by atoms with E-state index in [1.807, 2.05) is 17.7 Å². The molecule has 6 heteroatoms. The molecule has 0 amide bonds. The van der Waals surface area contributed by atoms with E-state index < -0.39 is 5.82 Å². The Kier molecular flexibility index (Phi) is 2.56. The second-order valence-electron chi connectivity index (χ2n) is 4.12. The first-order chi connectivity index (χ1) is 9.15. The van der Waals surface area contributed by atoms with Gasteiger partial charge in [-0.1, -0.05) is 0 Å². The molecule has 0 aliphatic carbocycles. The molecule has 96 valence electrons. The average Bonchev–Trinajstić information content (AvgIpc) is 2.76. The Labute approximate surface area is 108 Å². The van der Waals surface area contributed by atoms with E-state index >= 15 is 0 Å². The van der Waals surface area contributed by atoms with E-state index in [1.54, 1.807) is 12.5 Å². The SMILES string of the molecule is Cn1cnc2c(Oc3ccc(F)cc3N)nccc21. The maximum Gasteiger partial charge on any atom is 0.247 e. The van der Waals surface area contributed by atoms with Crippen LogP contribution in [-0.4, -0.2) is 14.5 Å². The first kappa shape index (κ1) is 11.5. The molecule has 0 fully saturated rings. The Morgan fingerprint density at radius 2 is 2.11 bits per heavy atom. The number of hydrogen-bond acceptors (Lipinski definition) is 4. The summed E-state index contributed by atoms with van der Waals surface area (Å²) in [5.74, 6) is 0.289. The van der Waals surface area contributed by atoms with Crippen LogP contribution in [0, 0.1) is 5.82 Å². The number of imidazole rings is 1. The quantitative estimate of drug-likeness (QED) is 0.717. The average molecular weight is 258 g/mol. The zero-order valence-corrected chi connectivity index (χ0v) is 10.2. The first-order valence-electron chi connectivity index (χ1n) is 5.64. The van der Waals surface area contributed by atoms with E-state index in [0.29, 0.717) is 17.1 Å². The van der Waals surface area contributed by atoms with E-state index in [-0.39, 0.29) is 5.69 Å². The second kappa shape index (κ2) is 4.24. The number of hydrogen-bond donors (Lipinski definition) is 1. The molecule has 0 unspecified atom stereocenters. The van der Waals surface area contributed by atoms with Gasteiger partial charge in [0.25, 0.3) is 0 Å². The van der Waals surface area contributed by atoms with E-state index in [0.717, 1.165) is 5.52 Å². The molecular formula is C13H11FN4O. The molecule has 0 aliphatic heterocycles. The summed E-state index contributed by atoms with van der Waals surface area (Å²) in [5.41, 5.74) is 7.44. The van der Waals surface area contributed by atoms with Crippen LogP contribution in [0.3, 0.4) is 0 Å². The lowest BCUT2D eigenvalue weighted by Gasteiger charge is -2.07. The van der Waals surface area contributed by atoms with Crippen molar-refractivity contribution in [3.8, 4) is 11.6 Å². The van der Waals surface area contributed by atoms with Crippen LogP contribution >= 0.6 is 0 Å². The Bertz CT molecular complexity index is 753. The van der Waals surface area contributed by atoms with Crippen molar-refractivity contribution < 1.29 is 9.13 Å². The highest BCUT2D eigenvalue weighted by atomic mass is 19.1. The smallest absolute Gasteiger partial charge is 0.247 e. The van der Waals surface area contributed by atoms with Gasteiger partial charge in [0.2, 0.25) is 5.88 Å². The summed E-state index contributed by atoms with van der Waals surface area (Å²) in [7, 11) is 1.88. The lowest BCUT2D eigenvalue weighted by molar-refractivity contribution is 0.469. The molecule has 2 heterocycles. The van der Waals surface area contributed by atoms with Crippen LogP contribution in [0.25, 0.3) is 11.0 Å². The molecule has 19 heavy (non-hydrogen) atoms. The number of fused-ring (bicyclic) bond motifs is 1. The van der Waals surface area contributed by atoms with Crippen LogP contribution in [0.1, 0.15) is 0 Å². The number of nitrogens with two attached hydrogens (primary N) is 1. The van der Waals surface area contributed by atoms with Crippen LogP contribution in [0.4, 0.5) is 10.1 Å². The molecular weight excluding hydrogens is 247 g/mol. The van der Waals surface area contributed by atoms with Gasteiger partial charge in [0, 0.05) is 19.3 Å².